The van der Waals surface area contributed by atoms with Gasteiger partial charge in [0.15, 0.2) is 0 Å². The molecule has 4 atom stereocenters. The van der Waals surface area contributed by atoms with Crippen molar-refractivity contribution in [2.24, 2.45) is 17.8 Å². The summed E-state index contributed by atoms with van der Waals surface area (Å²) in [5, 5.41) is 0. The van der Waals surface area contributed by atoms with Crippen molar-refractivity contribution in [3.8, 4) is 0 Å². The van der Waals surface area contributed by atoms with Crippen LogP contribution in [-0.4, -0.2) is 0 Å². The van der Waals surface area contributed by atoms with Crippen molar-refractivity contribution < 1.29 is 8.78 Å². The number of benzene rings is 1. The van der Waals surface area contributed by atoms with Gasteiger partial charge in [0.05, 0.1) is 0 Å². The van der Waals surface area contributed by atoms with Gasteiger partial charge in [-0.3, -0.25) is 0 Å². The highest BCUT2D eigenvalue weighted by Gasteiger charge is 2.35. The van der Waals surface area contributed by atoms with Crippen LogP contribution in [0.4, 0.5) is 8.78 Å². The van der Waals surface area contributed by atoms with Crippen LogP contribution < -0.4 is 0 Å². The molecule has 0 saturated heterocycles. The van der Waals surface area contributed by atoms with E-state index < -0.39 is 11.6 Å². The van der Waals surface area contributed by atoms with Crippen LogP contribution in [0.25, 0.3) is 0 Å². The van der Waals surface area contributed by atoms with Crippen molar-refractivity contribution in [2.45, 2.75) is 51.4 Å². The SMILES string of the molecule is C=CC1CCC2CC(c3cc(F)cc(F)c3C)CCC2C1. The zero-order valence-corrected chi connectivity index (χ0v) is 12.7. The van der Waals surface area contributed by atoms with E-state index in [-0.39, 0.29) is 0 Å². The van der Waals surface area contributed by atoms with E-state index in [9.17, 15) is 8.78 Å². The molecule has 0 bridgehead atoms. The van der Waals surface area contributed by atoms with Gasteiger partial charge in [-0.05, 0) is 86.3 Å². The Balaban J connectivity index is 1.77. The molecule has 1 aromatic rings. The van der Waals surface area contributed by atoms with Gasteiger partial charge in [0.25, 0.3) is 0 Å². The zero-order chi connectivity index (χ0) is 15.0. The van der Waals surface area contributed by atoms with Gasteiger partial charge >= 0.3 is 0 Å². The van der Waals surface area contributed by atoms with Crippen LogP contribution in [-0.2, 0) is 0 Å². The summed E-state index contributed by atoms with van der Waals surface area (Å²) >= 11 is 0. The van der Waals surface area contributed by atoms with Crippen molar-refractivity contribution in [3.63, 3.8) is 0 Å². The van der Waals surface area contributed by atoms with Crippen molar-refractivity contribution in [2.75, 3.05) is 0 Å². The molecule has 0 aromatic heterocycles. The Morgan fingerprint density at radius 2 is 1.76 bits per heavy atom. The number of rotatable bonds is 2. The molecular formula is C19H24F2. The van der Waals surface area contributed by atoms with Gasteiger partial charge < -0.3 is 0 Å². The summed E-state index contributed by atoms with van der Waals surface area (Å²) in [6, 6.07) is 2.55. The lowest BCUT2D eigenvalue weighted by Crippen LogP contribution is -2.30. The van der Waals surface area contributed by atoms with Crippen LogP contribution in [0.15, 0.2) is 24.8 Å². The second-order valence-corrected chi connectivity index (χ2v) is 6.94. The lowest BCUT2D eigenvalue weighted by atomic mass is 9.63. The topological polar surface area (TPSA) is 0 Å². The normalized spacial score (nSPS) is 32.5. The van der Waals surface area contributed by atoms with Gasteiger partial charge in [0, 0.05) is 6.07 Å². The average Bonchev–Trinajstić information content (AvgIpc) is 2.49. The maximum atomic E-state index is 13.8. The molecule has 0 spiro atoms. The Kier molecular flexibility index (Phi) is 4.14. The van der Waals surface area contributed by atoms with E-state index in [4.69, 9.17) is 0 Å². The van der Waals surface area contributed by atoms with Crippen molar-refractivity contribution >= 4 is 0 Å². The lowest BCUT2D eigenvalue weighted by Gasteiger charge is -2.42. The van der Waals surface area contributed by atoms with E-state index in [1.54, 1.807) is 13.0 Å². The minimum Gasteiger partial charge on any atom is -0.207 e. The van der Waals surface area contributed by atoms with Crippen LogP contribution >= 0.6 is 0 Å². The molecule has 1 aromatic carbocycles. The Morgan fingerprint density at radius 3 is 2.52 bits per heavy atom. The van der Waals surface area contributed by atoms with E-state index in [2.05, 4.69) is 12.7 Å². The molecule has 0 heterocycles. The van der Waals surface area contributed by atoms with Crippen molar-refractivity contribution in [1.29, 1.82) is 0 Å². The maximum absolute atomic E-state index is 13.8. The summed E-state index contributed by atoms with van der Waals surface area (Å²) in [6.45, 7) is 5.71. The highest BCUT2D eigenvalue weighted by molar-refractivity contribution is 5.32. The van der Waals surface area contributed by atoms with E-state index in [0.29, 0.717) is 17.4 Å². The Labute approximate surface area is 126 Å². The number of hydrogen-bond donors (Lipinski definition) is 0. The van der Waals surface area contributed by atoms with E-state index in [1.807, 2.05) is 0 Å². The van der Waals surface area contributed by atoms with Gasteiger partial charge in [0.2, 0.25) is 0 Å². The standard InChI is InChI=1S/C19H24F2/c1-3-13-4-5-15-9-16(7-6-14(15)8-13)18-10-17(20)11-19(21)12(18)2/h3,10-11,13-16H,1,4-9H2,2H3. The average molecular weight is 290 g/mol. The fraction of sp³-hybridized carbons (Fsp3) is 0.579. The number of hydrogen-bond acceptors (Lipinski definition) is 0. The molecule has 2 aliphatic carbocycles. The molecule has 0 aliphatic heterocycles. The molecule has 0 amide bonds. The number of allylic oxidation sites excluding steroid dienone is 1. The monoisotopic (exact) mass is 290 g/mol. The summed E-state index contributed by atoms with van der Waals surface area (Å²) in [4.78, 5) is 0. The molecule has 0 radical (unpaired) electrons. The van der Waals surface area contributed by atoms with Crippen molar-refractivity contribution in [1.82, 2.24) is 0 Å². The van der Waals surface area contributed by atoms with Gasteiger partial charge in [-0.1, -0.05) is 6.08 Å². The predicted octanol–water partition coefficient (Wildman–Crippen LogP) is 5.76. The van der Waals surface area contributed by atoms with Crippen LogP contribution in [0, 0.1) is 36.3 Å². The van der Waals surface area contributed by atoms with Gasteiger partial charge in [-0.25, -0.2) is 8.78 Å². The van der Waals surface area contributed by atoms with Gasteiger partial charge in [-0.2, -0.15) is 0 Å². The first-order valence-electron chi connectivity index (χ1n) is 8.16. The summed E-state index contributed by atoms with van der Waals surface area (Å²) in [6.07, 6.45) is 9.19. The molecule has 3 rings (SSSR count). The minimum atomic E-state index is -0.439. The zero-order valence-electron chi connectivity index (χ0n) is 12.7. The van der Waals surface area contributed by atoms with Gasteiger partial charge in [0.1, 0.15) is 11.6 Å². The number of halogens is 2. The molecule has 2 heteroatoms. The van der Waals surface area contributed by atoms with Crippen molar-refractivity contribution in [3.05, 3.63) is 47.5 Å². The van der Waals surface area contributed by atoms with E-state index in [1.165, 1.54) is 25.7 Å². The third kappa shape index (κ3) is 2.90. The van der Waals surface area contributed by atoms with Crippen LogP contribution in [0.5, 0.6) is 0 Å². The summed E-state index contributed by atoms with van der Waals surface area (Å²) < 4.78 is 27.3. The Bertz CT molecular complexity index is 535. The predicted molar refractivity (Wildman–Crippen MR) is 82.2 cm³/mol. The summed E-state index contributed by atoms with van der Waals surface area (Å²) in [7, 11) is 0. The highest BCUT2D eigenvalue weighted by atomic mass is 19.1. The van der Waals surface area contributed by atoms with Crippen LogP contribution in [0.3, 0.4) is 0 Å². The highest BCUT2D eigenvalue weighted by Crippen LogP contribution is 2.48. The third-order valence-electron chi connectivity index (χ3n) is 5.78. The minimum absolute atomic E-state index is 0.330. The first-order valence-corrected chi connectivity index (χ1v) is 8.16. The molecular weight excluding hydrogens is 266 g/mol. The van der Waals surface area contributed by atoms with E-state index >= 15 is 0 Å². The molecule has 114 valence electrons. The first kappa shape index (κ1) is 14.7. The van der Waals surface area contributed by atoms with Crippen LogP contribution in [0.2, 0.25) is 0 Å². The van der Waals surface area contributed by atoms with E-state index in [0.717, 1.165) is 36.3 Å². The number of fused-ring (bicyclic) bond motifs is 1. The Morgan fingerprint density at radius 1 is 1.05 bits per heavy atom. The lowest BCUT2D eigenvalue weighted by molar-refractivity contribution is 0.133. The summed E-state index contributed by atoms with van der Waals surface area (Å²) in [5.74, 6) is 1.68. The molecule has 0 N–H and O–H groups in total. The second kappa shape index (κ2) is 5.90. The molecule has 2 saturated carbocycles. The molecule has 2 fully saturated rings. The maximum Gasteiger partial charge on any atom is 0.129 e. The van der Waals surface area contributed by atoms with Crippen LogP contribution in [0.1, 0.15) is 55.6 Å². The molecule has 21 heavy (non-hydrogen) atoms. The quantitative estimate of drug-likeness (QED) is 0.607. The largest absolute Gasteiger partial charge is 0.207 e. The fourth-order valence-electron chi connectivity index (χ4n) is 4.51. The first-order chi connectivity index (χ1) is 10.1. The second-order valence-electron chi connectivity index (χ2n) is 6.94. The summed E-state index contributed by atoms with van der Waals surface area (Å²) in [5.41, 5.74) is 1.54. The van der Waals surface area contributed by atoms with Gasteiger partial charge in [-0.15, -0.1) is 6.58 Å². The molecule has 4 unspecified atom stereocenters. The third-order valence-corrected chi connectivity index (χ3v) is 5.78. The molecule has 2 aliphatic rings. The smallest absolute Gasteiger partial charge is 0.129 e. The molecule has 0 nitrogen and oxygen atoms in total. The Hall–Kier alpha value is -1.18. The fourth-order valence-corrected chi connectivity index (χ4v) is 4.51.